The number of methoxy groups -OCH3 is 1. The molecule has 1 aromatic carbocycles. The van der Waals surface area contributed by atoms with Crippen molar-refractivity contribution in [1.29, 1.82) is 0 Å². The minimum atomic E-state index is -0.0899. The number of benzene rings is 1. The predicted molar refractivity (Wildman–Crippen MR) is 75.6 cm³/mol. The van der Waals surface area contributed by atoms with Crippen molar-refractivity contribution in [2.75, 3.05) is 20.2 Å². The van der Waals surface area contributed by atoms with Crippen molar-refractivity contribution in [3.63, 3.8) is 0 Å². The van der Waals surface area contributed by atoms with Crippen LogP contribution in [0.4, 0.5) is 0 Å². The quantitative estimate of drug-likeness (QED) is 0.660. The molecule has 1 atom stereocenters. The summed E-state index contributed by atoms with van der Waals surface area (Å²) in [7, 11) is 1.45. The first-order chi connectivity index (χ1) is 9.69. The third-order valence-electron chi connectivity index (χ3n) is 4.63. The van der Waals surface area contributed by atoms with Crippen LogP contribution in [0.5, 0.6) is 5.75 Å². The molecule has 1 unspecified atom stereocenters. The van der Waals surface area contributed by atoms with Gasteiger partial charge in [-0.05, 0) is 42.9 Å². The van der Waals surface area contributed by atoms with Crippen LogP contribution >= 0.6 is 0 Å². The first kappa shape index (κ1) is 13.4. The van der Waals surface area contributed by atoms with Gasteiger partial charge in [-0.1, -0.05) is 12.1 Å². The molecule has 3 rings (SSSR count). The number of carbonyl (C=O) groups is 1. The maximum atomic E-state index is 11.5. The highest BCUT2D eigenvalue weighted by Crippen LogP contribution is 2.32. The number of carbonyl (C=O) groups excluding carboxylic acids is 1. The maximum Gasteiger partial charge on any atom is 0.311 e. The van der Waals surface area contributed by atoms with Gasteiger partial charge in [-0.3, -0.25) is 9.69 Å². The van der Waals surface area contributed by atoms with Gasteiger partial charge in [-0.2, -0.15) is 0 Å². The number of likely N-dealkylation sites (tertiary alicyclic amines) is 1. The van der Waals surface area contributed by atoms with E-state index in [4.69, 9.17) is 4.74 Å². The van der Waals surface area contributed by atoms with Crippen molar-refractivity contribution in [1.82, 2.24) is 4.90 Å². The number of hydrogen-bond acceptors (Lipinski definition) is 4. The molecular formula is C16H21NO3. The van der Waals surface area contributed by atoms with E-state index in [1.165, 1.54) is 12.7 Å². The minimum absolute atomic E-state index is 0.0481. The lowest BCUT2D eigenvalue weighted by molar-refractivity contribution is -0.152. The van der Waals surface area contributed by atoms with Crippen LogP contribution in [0.15, 0.2) is 18.2 Å². The zero-order valence-corrected chi connectivity index (χ0v) is 11.8. The zero-order chi connectivity index (χ0) is 14.1. The molecule has 1 saturated heterocycles. The molecule has 1 aliphatic carbocycles. The summed E-state index contributed by atoms with van der Waals surface area (Å²) in [6, 6.07) is 6.30. The van der Waals surface area contributed by atoms with Gasteiger partial charge in [-0.25, -0.2) is 0 Å². The molecule has 1 fully saturated rings. The molecule has 108 valence electrons. The van der Waals surface area contributed by atoms with Crippen LogP contribution in [0.3, 0.4) is 0 Å². The van der Waals surface area contributed by atoms with Gasteiger partial charge < -0.3 is 9.84 Å². The van der Waals surface area contributed by atoms with E-state index in [1.54, 1.807) is 6.07 Å². The molecule has 1 N–H and O–H groups in total. The van der Waals surface area contributed by atoms with Crippen LogP contribution in [0.1, 0.15) is 24.0 Å². The standard InChI is InChI=1S/C16H21NO3/c1-20-16(19)12-9-17(10-12)13-5-3-6-14-11(8-13)4-2-7-15(14)18/h2,4,7,12-13,18H,3,5-6,8-10H2,1H3. The topological polar surface area (TPSA) is 49.8 Å². The largest absolute Gasteiger partial charge is 0.508 e. The third-order valence-corrected chi connectivity index (χ3v) is 4.63. The van der Waals surface area contributed by atoms with E-state index in [0.29, 0.717) is 11.8 Å². The Morgan fingerprint density at radius 3 is 2.95 bits per heavy atom. The third kappa shape index (κ3) is 2.40. The summed E-state index contributed by atoms with van der Waals surface area (Å²) < 4.78 is 4.79. The number of ether oxygens (including phenoxy) is 1. The van der Waals surface area contributed by atoms with E-state index in [0.717, 1.165) is 44.3 Å². The Labute approximate surface area is 119 Å². The van der Waals surface area contributed by atoms with Crippen molar-refractivity contribution in [2.24, 2.45) is 5.92 Å². The highest BCUT2D eigenvalue weighted by molar-refractivity contribution is 5.73. The normalized spacial score (nSPS) is 23.6. The average molecular weight is 275 g/mol. The molecule has 0 saturated carbocycles. The lowest BCUT2D eigenvalue weighted by Gasteiger charge is -2.42. The maximum absolute atomic E-state index is 11.5. The SMILES string of the molecule is COC(=O)C1CN(C2CCCc3c(O)cccc3C2)C1. The van der Waals surface area contributed by atoms with Crippen LogP contribution in [0.2, 0.25) is 0 Å². The van der Waals surface area contributed by atoms with E-state index in [-0.39, 0.29) is 11.9 Å². The number of rotatable bonds is 2. The highest BCUT2D eigenvalue weighted by Gasteiger charge is 2.37. The van der Waals surface area contributed by atoms with Crippen molar-refractivity contribution in [3.05, 3.63) is 29.3 Å². The summed E-state index contributed by atoms with van der Waals surface area (Å²) in [4.78, 5) is 13.8. The summed E-state index contributed by atoms with van der Waals surface area (Å²) in [5.41, 5.74) is 2.37. The van der Waals surface area contributed by atoms with Gasteiger partial charge in [0, 0.05) is 19.1 Å². The lowest BCUT2D eigenvalue weighted by Crippen LogP contribution is -2.55. The van der Waals surface area contributed by atoms with Gasteiger partial charge in [-0.15, -0.1) is 0 Å². The average Bonchev–Trinajstić information content (AvgIpc) is 2.60. The Hall–Kier alpha value is -1.55. The molecular weight excluding hydrogens is 254 g/mol. The first-order valence-corrected chi connectivity index (χ1v) is 7.30. The number of phenolic OH excluding ortho intramolecular Hbond substituents is 1. The molecule has 1 aliphatic heterocycles. The number of esters is 1. The molecule has 2 aliphatic rings. The van der Waals surface area contributed by atoms with Crippen LogP contribution in [0, 0.1) is 5.92 Å². The zero-order valence-electron chi connectivity index (χ0n) is 11.8. The fourth-order valence-electron chi connectivity index (χ4n) is 3.41. The number of phenols is 1. The highest BCUT2D eigenvalue weighted by atomic mass is 16.5. The van der Waals surface area contributed by atoms with E-state index in [1.807, 2.05) is 6.07 Å². The molecule has 0 aromatic heterocycles. The molecule has 4 nitrogen and oxygen atoms in total. The summed E-state index contributed by atoms with van der Waals surface area (Å²) in [5, 5.41) is 9.95. The molecule has 0 spiro atoms. The predicted octanol–water partition coefficient (Wildman–Crippen LogP) is 1.74. The van der Waals surface area contributed by atoms with E-state index in [2.05, 4.69) is 11.0 Å². The fourth-order valence-corrected chi connectivity index (χ4v) is 3.41. The fraction of sp³-hybridized carbons (Fsp3) is 0.562. The lowest BCUT2D eigenvalue weighted by atomic mass is 9.93. The summed E-state index contributed by atoms with van der Waals surface area (Å²) in [5.74, 6) is 0.388. The molecule has 0 bridgehead atoms. The second-order valence-corrected chi connectivity index (χ2v) is 5.84. The monoisotopic (exact) mass is 275 g/mol. The molecule has 0 amide bonds. The van der Waals surface area contributed by atoms with Gasteiger partial charge in [0.1, 0.15) is 5.75 Å². The van der Waals surface area contributed by atoms with Crippen molar-refractivity contribution in [3.8, 4) is 5.75 Å². The first-order valence-electron chi connectivity index (χ1n) is 7.30. The minimum Gasteiger partial charge on any atom is -0.508 e. The van der Waals surface area contributed by atoms with Gasteiger partial charge in [0.25, 0.3) is 0 Å². The Balaban J connectivity index is 1.67. The molecule has 20 heavy (non-hydrogen) atoms. The van der Waals surface area contributed by atoms with Gasteiger partial charge in [0.15, 0.2) is 0 Å². The second-order valence-electron chi connectivity index (χ2n) is 5.84. The molecule has 1 aromatic rings. The molecule has 4 heteroatoms. The molecule has 1 heterocycles. The van der Waals surface area contributed by atoms with Gasteiger partial charge in [0.2, 0.25) is 0 Å². The number of fused-ring (bicyclic) bond motifs is 1. The van der Waals surface area contributed by atoms with Crippen molar-refractivity contribution < 1.29 is 14.6 Å². The summed E-state index contributed by atoms with van der Waals surface area (Å²) in [6.07, 6.45) is 4.14. The van der Waals surface area contributed by atoms with E-state index >= 15 is 0 Å². The Morgan fingerprint density at radius 2 is 2.20 bits per heavy atom. The van der Waals surface area contributed by atoms with Crippen LogP contribution in [-0.2, 0) is 22.4 Å². The van der Waals surface area contributed by atoms with E-state index in [9.17, 15) is 9.90 Å². The van der Waals surface area contributed by atoms with E-state index < -0.39 is 0 Å². The van der Waals surface area contributed by atoms with Crippen LogP contribution in [0.25, 0.3) is 0 Å². The number of aromatic hydroxyl groups is 1. The number of nitrogens with zero attached hydrogens (tertiary/aromatic N) is 1. The molecule has 0 radical (unpaired) electrons. The number of hydrogen-bond donors (Lipinski definition) is 1. The van der Waals surface area contributed by atoms with Gasteiger partial charge in [0.05, 0.1) is 13.0 Å². The van der Waals surface area contributed by atoms with Gasteiger partial charge >= 0.3 is 5.97 Å². The Morgan fingerprint density at radius 1 is 1.40 bits per heavy atom. The van der Waals surface area contributed by atoms with Crippen LogP contribution in [-0.4, -0.2) is 42.2 Å². The second kappa shape index (κ2) is 5.44. The van der Waals surface area contributed by atoms with Crippen LogP contribution < -0.4 is 0 Å². The van der Waals surface area contributed by atoms with Crippen molar-refractivity contribution >= 4 is 5.97 Å². The van der Waals surface area contributed by atoms with Crippen molar-refractivity contribution in [2.45, 2.75) is 31.7 Å². The smallest absolute Gasteiger partial charge is 0.311 e. The Kier molecular flexibility index (Phi) is 3.66. The summed E-state index contributed by atoms with van der Waals surface area (Å²) in [6.45, 7) is 1.62. The summed E-state index contributed by atoms with van der Waals surface area (Å²) >= 11 is 0. The Bertz CT molecular complexity index is 508.